The Bertz CT molecular complexity index is 371. The van der Waals surface area contributed by atoms with Gasteiger partial charge in [0.05, 0.1) is 0 Å². The van der Waals surface area contributed by atoms with Gasteiger partial charge in [0.1, 0.15) is 0 Å². The van der Waals surface area contributed by atoms with Crippen molar-refractivity contribution in [2.45, 2.75) is 63.8 Å². The second-order valence-corrected chi connectivity index (χ2v) is 8.34. The molecule has 2 N–H and O–H groups in total. The van der Waals surface area contributed by atoms with Crippen molar-refractivity contribution in [3.8, 4) is 0 Å². The van der Waals surface area contributed by atoms with Gasteiger partial charge >= 0.3 is 0 Å². The molecule has 1 atom stereocenters. The third-order valence-corrected chi connectivity index (χ3v) is 6.50. The molecule has 5 rings (SSSR count). The van der Waals surface area contributed by atoms with Crippen LogP contribution in [0.25, 0.3) is 0 Å². The summed E-state index contributed by atoms with van der Waals surface area (Å²) < 4.78 is 0. The lowest BCUT2D eigenvalue weighted by Crippen LogP contribution is -2.51. The first kappa shape index (κ1) is 13.1. The molecule has 0 spiro atoms. The van der Waals surface area contributed by atoms with Gasteiger partial charge in [-0.25, -0.2) is 0 Å². The molecule has 0 unspecified atom stereocenters. The van der Waals surface area contributed by atoms with E-state index in [2.05, 4.69) is 4.90 Å². The van der Waals surface area contributed by atoms with E-state index in [4.69, 9.17) is 5.73 Å². The fraction of sp³-hybridized carbons (Fsp3) is 0.941. The van der Waals surface area contributed by atoms with E-state index < -0.39 is 0 Å². The van der Waals surface area contributed by atoms with Crippen LogP contribution in [-0.2, 0) is 4.79 Å². The second kappa shape index (κ2) is 4.72. The van der Waals surface area contributed by atoms with Crippen LogP contribution < -0.4 is 5.73 Å². The zero-order valence-electron chi connectivity index (χ0n) is 12.5. The minimum atomic E-state index is 0.212. The maximum atomic E-state index is 12.7. The first-order valence-electron chi connectivity index (χ1n) is 8.65. The predicted molar refractivity (Wildman–Crippen MR) is 79.0 cm³/mol. The summed E-state index contributed by atoms with van der Waals surface area (Å²) in [5.41, 5.74) is 6.41. The van der Waals surface area contributed by atoms with Gasteiger partial charge in [-0.05, 0) is 74.5 Å². The van der Waals surface area contributed by atoms with E-state index in [1.807, 2.05) is 0 Å². The molecule has 20 heavy (non-hydrogen) atoms. The lowest BCUT2D eigenvalue weighted by Gasteiger charge is -2.57. The average molecular weight is 276 g/mol. The van der Waals surface area contributed by atoms with Crippen molar-refractivity contribution < 1.29 is 4.79 Å². The van der Waals surface area contributed by atoms with E-state index in [0.29, 0.717) is 11.3 Å². The monoisotopic (exact) mass is 276 g/mol. The number of carbonyl (C=O) groups is 1. The molecule has 4 saturated carbocycles. The number of hydrogen-bond donors (Lipinski definition) is 1. The number of nitrogens with zero attached hydrogens (tertiary/aromatic N) is 1. The van der Waals surface area contributed by atoms with E-state index in [-0.39, 0.29) is 6.04 Å². The summed E-state index contributed by atoms with van der Waals surface area (Å²) in [5, 5.41) is 0. The van der Waals surface area contributed by atoms with E-state index in [0.717, 1.165) is 50.1 Å². The van der Waals surface area contributed by atoms with Crippen LogP contribution in [0, 0.1) is 23.2 Å². The first-order valence-corrected chi connectivity index (χ1v) is 8.65. The smallest absolute Gasteiger partial charge is 0.223 e. The molecule has 4 bridgehead atoms. The molecule has 1 saturated heterocycles. The number of nitrogens with two attached hydrogens (primary N) is 1. The van der Waals surface area contributed by atoms with Crippen molar-refractivity contribution in [2.75, 3.05) is 13.1 Å². The molecule has 5 aliphatic rings. The maximum Gasteiger partial charge on any atom is 0.223 e. The van der Waals surface area contributed by atoms with Gasteiger partial charge in [0.25, 0.3) is 0 Å². The number of carbonyl (C=O) groups excluding carboxylic acids is 1. The minimum Gasteiger partial charge on any atom is -0.341 e. The summed E-state index contributed by atoms with van der Waals surface area (Å²) in [6, 6.07) is 0.212. The van der Waals surface area contributed by atoms with Gasteiger partial charge < -0.3 is 10.6 Å². The Kier molecular flexibility index (Phi) is 3.10. The summed E-state index contributed by atoms with van der Waals surface area (Å²) >= 11 is 0. The van der Waals surface area contributed by atoms with Crippen LogP contribution in [-0.4, -0.2) is 29.9 Å². The minimum absolute atomic E-state index is 0.212. The quantitative estimate of drug-likeness (QED) is 0.842. The number of piperidine rings is 1. The molecule has 0 radical (unpaired) electrons. The fourth-order valence-electron chi connectivity index (χ4n) is 6.18. The highest BCUT2D eigenvalue weighted by Gasteiger charge is 2.51. The molecular weight excluding hydrogens is 248 g/mol. The van der Waals surface area contributed by atoms with Gasteiger partial charge in [-0.15, -0.1) is 0 Å². The van der Waals surface area contributed by atoms with Crippen molar-refractivity contribution in [3.05, 3.63) is 0 Å². The molecular formula is C17H28N2O. The van der Waals surface area contributed by atoms with Crippen molar-refractivity contribution in [1.82, 2.24) is 4.90 Å². The summed E-state index contributed by atoms with van der Waals surface area (Å²) in [6.07, 6.45) is 11.4. The van der Waals surface area contributed by atoms with E-state index >= 15 is 0 Å². The Morgan fingerprint density at radius 1 is 1.10 bits per heavy atom. The zero-order chi connectivity index (χ0) is 13.7. The molecule has 0 aromatic heterocycles. The topological polar surface area (TPSA) is 46.3 Å². The molecule has 3 nitrogen and oxygen atoms in total. The average Bonchev–Trinajstić information content (AvgIpc) is 2.36. The third-order valence-electron chi connectivity index (χ3n) is 6.50. The molecule has 5 fully saturated rings. The number of amides is 1. The van der Waals surface area contributed by atoms with Crippen molar-refractivity contribution >= 4 is 5.91 Å². The van der Waals surface area contributed by atoms with Crippen LogP contribution in [0.15, 0.2) is 0 Å². The van der Waals surface area contributed by atoms with Gasteiger partial charge in [0.2, 0.25) is 5.91 Å². The van der Waals surface area contributed by atoms with Crippen molar-refractivity contribution in [1.29, 1.82) is 0 Å². The van der Waals surface area contributed by atoms with Gasteiger partial charge in [-0.3, -0.25) is 4.79 Å². The van der Waals surface area contributed by atoms with Crippen LogP contribution in [0.3, 0.4) is 0 Å². The Labute approximate surface area is 122 Å². The summed E-state index contributed by atoms with van der Waals surface area (Å²) in [5.74, 6) is 3.23. The third kappa shape index (κ3) is 2.28. The molecule has 112 valence electrons. The van der Waals surface area contributed by atoms with Crippen LogP contribution in [0.1, 0.15) is 57.8 Å². The van der Waals surface area contributed by atoms with Crippen LogP contribution in [0.2, 0.25) is 0 Å². The molecule has 0 aromatic rings. The second-order valence-electron chi connectivity index (χ2n) is 8.34. The van der Waals surface area contributed by atoms with Gasteiger partial charge in [-0.1, -0.05) is 0 Å². The standard InChI is InChI=1S/C17H28N2O/c18-15-2-1-3-19(11-15)16(20)10-17-7-12-4-13(8-17)6-14(5-12)9-17/h12-15H,1-11,18H2/t12?,13?,14?,15-,17?/m1/s1. The molecule has 3 heteroatoms. The van der Waals surface area contributed by atoms with E-state index in [9.17, 15) is 4.79 Å². The van der Waals surface area contributed by atoms with E-state index in [1.165, 1.54) is 38.5 Å². The Morgan fingerprint density at radius 3 is 2.25 bits per heavy atom. The van der Waals surface area contributed by atoms with Crippen LogP contribution >= 0.6 is 0 Å². The summed E-state index contributed by atoms with van der Waals surface area (Å²) in [4.78, 5) is 14.8. The highest BCUT2D eigenvalue weighted by molar-refractivity contribution is 5.77. The zero-order valence-corrected chi connectivity index (χ0v) is 12.5. The van der Waals surface area contributed by atoms with Crippen molar-refractivity contribution in [3.63, 3.8) is 0 Å². The Balaban J connectivity index is 1.44. The summed E-state index contributed by atoms with van der Waals surface area (Å²) in [7, 11) is 0. The van der Waals surface area contributed by atoms with Gasteiger partial charge in [0, 0.05) is 25.6 Å². The fourth-order valence-corrected chi connectivity index (χ4v) is 6.18. The van der Waals surface area contributed by atoms with Crippen LogP contribution in [0.5, 0.6) is 0 Å². The van der Waals surface area contributed by atoms with Gasteiger partial charge in [0.15, 0.2) is 0 Å². The Morgan fingerprint density at radius 2 is 1.70 bits per heavy atom. The number of hydrogen-bond acceptors (Lipinski definition) is 2. The first-order chi connectivity index (χ1) is 9.62. The lowest BCUT2D eigenvalue weighted by atomic mass is 9.49. The normalized spacial score (nSPS) is 46.8. The van der Waals surface area contributed by atoms with Crippen molar-refractivity contribution in [2.24, 2.45) is 28.9 Å². The van der Waals surface area contributed by atoms with Gasteiger partial charge in [-0.2, -0.15) is 0 Å². The predicted octanol–water partition coefficient (Wildman–Crippen LogP) is 2.54. The van der Waals surface area contributed by atoms with Crippen LogP contribution in [0.4, 0.5) is 0 Å². The van der Waals surface area contributed by atoms with E-state index in [1.54, 1.807) is 0 Å². The largest absolute Gasteiger partial charge is 0.341 e. The lowest BCUT2D eigenvalue weighted by molar-refractivity contribution is -0.140. The molecule has 1 aliphatic heterocycles. The molecule has 0 aromatic carbocycles. The highest BCUT2D eigenvalue weighted by atomic mass is 16.2. The number of rotatable bonds is 2. The molecule has 1 amide bonds. The highest BCUT2D eigenvalue weighted by Crippen LogP contribution is 2.61. The SMILES string of the molecule is N[C@@H]1CCCN(C(=O)CC23CC4CC(CC(C4)C2)C3)C1. The Hall–Kier alpha value is -0.570. The summed E-state index contributed by atoms with van der Waals surface area (Å²) in [6.45, 7) is 1.74. The number of likely N-dealkylation sites (tertiary alicyclic amines) is 1. The molecule has 4 aliphatic carbocycles. The maximum absolute atomic E-state index is 12.7. The molecule has 1 heterocycles.